The third-order valence-corrected chi connectivity index (χ3v) is 4.03. The molecule has 0 N–H and O–H groups in total. The SMILES string of the molecule is COc1ccc(C(=O)OC(=O)c2ccc(OC)c(OC)c2OC)c(OC)c1OC. The van der Waals surface area contributed by atoms with Crippen molar-refractivity contribution in [2.75, 3.05) is 42.7 Å². The molecule has 0 aliphatic rings. The Kier molecular flexibility index (Phi) is 7.13. The first kappa shape index (κ1) is 21.7. The molecule has 0 radical (unpaired) electrons. The summed E-state index contributed by atoms with van der Waals surface area (Å²) in [6.07, 6.45) is 0. The predicted molar refractivity (Wildman–Crippen MR) is 102 cm³/mol. The number of hydrogen-bond donors (Lipinski definition) is 0. The van der Waals surface area contributed by atoms with E-state index in [1.165, 1.54) is 66.9 Å². The van der Waals surface area contributed by atoms with E-state index in [1.54, 1.807) is 0 Å². The average molecular weight is 406 g/mol. The van der Waals surface area contributed by atoms with Crippen LogP contribution in [0.15, 0.2) is 24.3 Å². The van der Waals surface area contributed by atoms with E-state index in [0.717, 1.165) is 0 Å². The first-order valence-corrected chi connectivity index (χ1v) is 8.31. The molecule has 2 aromatic rings. The summed E-state index contributed by atoms with van der Waals surface area (Å²) in [7, 11) is 8.40. The van der Waals surface area contributed by atoms with Gasteiger partial charge in [0.2, 0.25) is 11.5 Å². The molecule has 0 saturated carbocycles. The van der Waals surface area contributed by atoms with Gasteiger partial charge in [0.15, 0.2) is 23.0 Å². The fraction of sp³-hybridized carbons (Fsp3) is 0.300. The molecule has 0 aliphatic carbocycles. The summed E-state index contributed by atoms with van der Waals surface area (Å²) in [6, 6.07) is 5.81. The Bertz CT molecular complexity index is 832. The first-order chi connectivity index (χ1) is 14.0. The normalized spacial score (nSPS) is 10.0. The Hall–Kier alpha value is -3.62. The van der Waals surface area contributed by atoms with Gasteiger partial charge in [0.05, 0.1) is 42.7 Å². The highest BCUT2D eigenvalue weighted by Crippen LogP contribution is 2.41. The van der Waals surface area contributed by atoms with Crippen LogP contribution in [0.5, 0.6) is 34.5 Å². The number of methoxy groups -OCH3 is 6. The number of carbonyl (C=O) groups is 2. The smallest absolute Gasteiger partial charge is 0.349 e. The monoisotopic (exact) mass is 406 g/mol. The fourth-order valence-electron chi connectivity index (χ4n) is 2.72. The lowest BCUT2D eigenvalue weighted by atomic mass is 10.1. The summed E-state index contributed by atoms with van der Waals surface area (Å²) in [5, 5.41) is 0. The van der Waals surface area contributed by atoms with Crippen molar-refractivity contribution in [1.82, 2.24) is 0 Å². The minimum Gasteiger partial charge on any atom is -0.493 e. The molecular weight excluding hydrogens is 384 g/mol. The van der Waals surface area contributed by atoms with Crippen LogP contribution in [-0.4, -0.2) is 54.6 Å². The number of carbonyl (C=O) groups excluding carboxylic acids is 2. The molecule has 0 spiro atoms. The van der Waals surface area contributed by atoms with Gasteiger partial charge in [0.1, 0.15) is 11.1 Å². The summed E-state index contributed by atoms with van der Waals surface area (Å²) in [5.74, 6) is -0.633. The van der Waals surface area contributed by atoms with Crippen LogP contribution < -0.4 is 28.4 Å². The van der Waals surface area contributed by atoms with Crippen LogP contribution in [0.25, 0.3) is 0 Å². The number of esters is 2. The first-order valence-electron chi connectivity index (χ1n) is 8.31. The minimum absolute atomic E-state index is 0.0158. The van der Waals surface area contributed by atoms with Crippen LogP contribution in [0, 0.1) is 0 Å². The van der Waals surface area contributed by atoms with Gasteiger partial charge in [-0.2, -0.15) is 0 Å². The topological polar surface area (TPSA) is 98.8 Å². The minimum atomic E-state index is -0.940. The van der Waals surface area contributed by atoms with Gasteiger partial charge in [0.25, 0.3) is 0 Å². The third-order valence-electron chi connectivity index (χ3n) is 4.03. The van der Waals surface area contributed by atoms with Crippen molar-refractivity contribution in [3.8, 4) is 34.5 Å². The zero-order valence-corrected chi connectivity index (χ0v) is 17.0. The molecule has 9 heteroatoms. The molecule has 0 aromatic heterocycles. The molecule has 2 rings (SSSR count). The molecule has 0 fully saturated rings. The summed E-state index contributed by atoms with van der Waals surface area (Å²) in [5.41, 5.74) is -0.0316. The Morgan fingerprint density at radius 2 is 0.862 bits per heavy atom. The van der Waals surface area contributed by atoms with Crippen LogP contribution in [0.1, 0.15) is 20.7 Å². The molecule has 0 aliphatic heterocycles. The largest absolute Gasteiger partial charge is 0.493 e. The van der Waals surface area contributed by atoms with Gasteiger partial charge in [-0.1, -0.05) is 0 Å². The van der Waals surface area contributed by atoms with Crippen molar-refractivity contribution in [1.29, 1.82) is 0 Å². The summed E-state index contributed by atoms with van der Waals surface area (Å²) >= 11 is 0. The van der Waals surface area contributed by atoms with Crippen molar-refractivity contribution < 1.29 is 42.7 Å². The van der Waals surface area contributed by atoms with Crippen LogP contribution in [-0.2, 0) is 4.74 Å². The standard InChI is InChI=1S/C20H22O9/c1-23-13-9-7-11(15(25-3)17(13)27-5)19(21)29-20(22)12-8-10-14(24-2)18(28-6)16(12)26-4/h7-10H,1-6H3. The highest BCUT2D eigenvalue weighted by atomic mass is 16.6. The fourth-order valence-corrected chi connectivity index (χ4v) is 2.72. The molecule has 2 aromatic carbocycles. The highest BCUT2D eigenvalue weighted by Gasteiger charge is 2.27. The molecule has 0 atom stereocenters. The van der Waals surface area contributed by atoms with Crippen LogP contribution in [0.3, 0.4) is 0 Å². The van der Waals surface area contributed by atoms with E-state index in [-0.39, 0.29) is 34.1 Å². The van der Waals surface area contributed by atoms with Gasteiger partial charge >= 0.3 is 11.9 Å². The predicted octanol–water partition coefficient (Wildman–Crippen LogP) is 2.74. The van der Waals surface area contributed by atoms with E-state index in [0.29, 0.717) is 11.5 Å². The van der Waals surface area contributed by atoms with Crippen molar-refractivity contribution in [3.63, 3.8) is 0 Å². The molecule has 29 heavy (non-hydrogen) atoms. The molecule has 0 unspecified atom stereocenters. The molecule has 9 nitrogen and oxygen atoms in total. The third kappa shape index (κ3) is 4.13. The molecular formula is C20H22O9. The number of rotatable bonds is 8. The van der Waals surface area contributed by atoms with Gasteiger partial charge in [-0.05, 0) is 24.3 Å². The van der Waals surface area contributed by atoms with Gasteiger partial charge in [-0.25, -0.2) is 9.59 Å². The summed E-state index contributed by atoms with van der Waals surface area (Å²) < 4.78 is 36.4. The molecule has 0 heterocycles. The Labute approximate surface area is 168 Å². The van der Waals surface area contributed by atoms with E-state index in [9.17, 15) is 9.59 Å². The van der Waals surface area contributed by atoms with E-state index < -0.39 is 11.9 Å². The molecule has 0 bridgehead atoms. The summed E-state index contributed by atoms with van der Waals surface area (Å²) in [6.45, 7) is 0. The second-order valence-corrected chi connectivity index (χ2v) is 5.44. The maximum atomic E-state index is 12.6. The number of ether oxygens (including phenoxy) is 7. The highest BCUT2D eigenvalue weighted by molar-refractivity contribution is 6.06. The molecule has 0 saturated heterocycles. The van der Waals surface area contributed by atoms with Crippen molar-refractivity contribution in [2.45, 2.75) is 0 Å². The van der Waals surface area contributed by atoms with Crippen molar-refractivity contribution in [2.24, 2.45) is 0 Å². The van der Waals surface area contributed by atoms with Gasteiger partial charge in [-0.15, -0.1) is 0 Å². The van der Waals surface area contributed by atoms with E-state index >= 15 is 0 Å². The van der Waals surface area contributed by atoms with E-state index in [2.05, 4.69) is 0 Å². The second kappa shape index (κ2) is 9.54. The lowest BCUT2D eigenvalue weighted by molar-refractivity contribution is 0.0393. The van der Waals surface area contributed by atoms with Crippen molar-refractivity contribution >= 4 is 11.9 Å². The lowest BCUT2D eigenvalue weighted by Gasteiger charge is -2.16. The van der Waals surface area contributed by atoms with E-state index in [1.807, 2.05) is 0 Å². The second-order valence-electron chi connectivity index (χ2n) is 5.44. The Balaban J connectivity index is 2.41. The average Bonchev–Trinajstić information content (AvgIpc) is 2.76. The van der Waals surface area contributed by atoms with Gasteiger partial charge < -0.3 is 33.2 Å². The van der Waals surface area contributed by atoms with E-state index in [4.69, 9.17) is 33.2 Å². The summed E-state index contributed by atoms with van der Waals surface area (Å²) in [4.78, 5) is 25.3. The van der Waals surface area contributed by atoms with Gasteiger partial charge in [0, 0.05) is 0 Å². The zero-order valence-electron chi connectivity index (χ0n) is 17.0. The maximum absolute atomic E-state index is 12.6. The quantitative estimate of drug-likeness (QED) is 0.484. The Morgan fingerprint density at radius 1 is 0.517 bits per heavy atom. The van der Waals surface area contributed by atoms with Gasteiger partial charge in [-0.3, -0.25) is 0 Å². The lowest BCUT2D eigenvalue weighted by Crippen LogP contribution is -2.15. The number of hydrogen-bond acceptors (Lipinski definition) is 9. The Morgan fingerprint density at radius 3 is 1.14 bits per heavy atom. The molecule has 156 valence electrons. The zero-order chi connectivity index (χ0) is 21.6. The van der Waals surface area contributed by atoms with Crippen molar-refractivity contribution in [3.05, 3.63) is 35.4 Å². The van der Waals surface area contributed by atoms with Crippen LogP contribution in [0.4, 0.5) is 0 Å². The van der Waals surface area contributed by atoms with Crippen LogP contribution in [0.2, 0.25) is 0 Å². The van der Waals surface area contributed by atoms with Crippen LogP contribution >= 0.6 is 0 Å². The number of benzene rings is 2. The molecule has 0 amide bonds. The maximum Gasteiger partial charge on any atom is 0.349 e.